The molecule has 0 aliphatic carbocycles. The molecule has 236 valence electrons. The van der Waals surface area contributed by atoms with Crippen molar-refractivity contribution in [3.63, 3.8) is 0 Å². The van der Waals surface area contributed by atoms with Crippen molar-refractivity contribution in [2.75, 3.05) is 4.90 Å². The molecule has 1 heterocycles. The van der Waals surface area contributed by atoms with Crippen LogP contribution in [0.25, 0.3) is 65.7 Å². The molecule has 9 rings (SSSR count). The van der Waals surface area contributed by atoms with Gasteiger partial charge in [-0.2, -0.15) is 0 Å². The quantitative estimate of drug-likeness (QED) is 0.248. The van der Waals surface area contributed by atoms with Crippen molar-refractivity contribution in [3.05, 3.63) is 115 Å². The summed E-state index contributed by atoms with van der Waals surface area (Å²) in [6.07, 6.45) is 0. The standard InChI is InChI=1S/C44H19B10NO/c45-34-32(35(46)39(50)42(53)38(34)49)22-10-8-20-12-14-26(18-24(20)16-22)55(30-6-3-5-29-28-4-1-2-7-31(28)56-44(29)30)27-15-13-21-9-11-23(17-25(21)19-27)33-36(47)40(51)43(54)41(52)37(33)48/h1-19H. The molecule has 0 saturated heterocycles. The van der Waals surface area contributed by atoms with Crippen LogP contribution < -0.4 is 59.5 Å². The highest BCUT2D eigenvalue weighted by atomic mass is 16.3. The van der Waals surface area contributed by atoms with Gasteiger partial charge in [0.1, 0.15) is 84.0 Å². The molecule has 0 spiro atoms. The van der Waals surface area contributed by atoms with E-state index in [0.29, 0.717) is 11.1 Å². The van der Waals surface area contributed by atoms with Crippen LogP contribution in [0.4, 0.5) is 17.1 Å². The first-order chi connectivity index (χ1) is 26.9. The number of para-hydroxylation sites is 2. The molecular formula is C44H19B10NO. The average molecular weight is 686 g/mol. The van der Waals surface area contributed by atoms with Crippen LogP contribution in [-0.2, 0) is 0 Å². The Bertz CT molecular complexity index is 2910. The zero-order chi connectivity index (χ0) is 39.2. The number of rotatable bonds is 5. The lowest BCUT2D eigenvalue weighted by Crippen LogP contribution is -2.55. The molecule has 0 unspecified atom stereocenters. The van der Waals surface area contributed by atoms with Crippen molar-refractivity contribution in [3.8, 4) is 22.3 Å². The third kappa shape index (κ3) is 5.63. The highest BCUT2D eigenvalue weighted by Crippen LogP contribution is 2.43. The van der Waals surface area contributed by atoms with Crippen LogP contribution in [0.5, 0.6) is 0 Å². The average Bonchev–Trinajstić information content (AvgIpc) is 3.60. The van der Waals surface area contributed by atoms with E-state index in [1.807, 2.05) is 60.7 Å². The minimum absolute atomic E-state index is 0.165. The number of benzene rings is 8. The Labute approximate surface area is 338 Å². The molecule has 1 aromatic heterocycles. The van der Waals surface area contributed by atoms with E-state index in [-0.39, 0.29) is 54.6 Å². The molecule has 0 saturated carbocycles. The van der Waals surface area contributed by atoms with E-state index < -0.39 is 0 Å². The van der Waals surface area contributed by atoms with Gasteiger partial charge in [-0.25, -0.2) is 0 Å². The molecule has 0 aliphatic rings. The summed E-state index contributed by atoms with van der Waals surface area (Å²) in [7, 11) is 63.2. The predicted molar refractivity (Wildman–Crippen MR) is 248 cm³/mol. The Kier molecular flexibility index (Phi) is 8.80. The van der Waals surface area contributed by atoms with Gasteiger partial charge in [0, 0.05) is 22.1 Å². The van der Waals surface area contributed by atoms with Gasteiger partial charge in [0.05, 0.1) is 5.69 Å². The predicted octanol–water partition coefficient (Wildman–Crippen LogP) is 0.634. The van der Waals surface area contributed by atoms with E-state index in [2.05, 4.69) is 59.5 Å². The van der Waals surface area contributed by atoms with E-state index in [4.69, 9.17) is 82.9 Å². The molecule has 0 fully saturated rings. The lowest BCUT2D eigenvalue weighted by Gasteiger charge is -2.26. The number of hydrogen-bond acceptors (Lipinski definition) is 2. The van der Waals surface area contributed by atoms with E-state index in [1.54, 1.807) is 0 Å². The molecule has 56 heavy (non-hydrogen) atoms. The second kappa shape index (κ2) is 13.6. The lowest BCUT2D eigenvalue weighted by atomic mass is 9.59. The second-order valence-corrected chi connectivity index (χ2v) is 14.0. The SMILES string of the molecule is [B]c1c([B])c([B])c(-c2ccc3ccc(N(c4ccc5ccc(-c6c([B])c([B])c([B])c([B])c6[B])cc5c4)c4cccc5c4oc4ccccc45)cc3c2)c([B])c1[B]. The molecule has 0 aliphatic heterocycles. The first-order valence-corrected chi connectivity index (χ1v) is 17.7. The van der Waals surface area contributed by atoms with Crippen molar-refractivity contribution >= 4 is 194 Å². The van der Waals surface area contributed by atoms with Crippen LogP contribution in [0.15, 0.2) is 120 Å². The van der Waals surface area contributed by atoms with Crippen LogP contribution in [0.2, 0.25) is 0 Å². The summed E-state index contributed by atoms with van der Waals surface area (Å²) in [5, 5.41) is 5.83. The minimum atomic E-state index is 0.165. The zero-order valence-corrected chi connectivity index (χ0v) is 30.1. The Balaban J connectivity index is 1.27. The molecule has 0 amide bonds. The highest BCUT2D eigenvalue weighted by molar-refractivity contribution is 6.70. The fourth-order valence-corrected chi connectivity index (χ4v) is 7.71. The van der Waals surface area contributed by atoms with Crippen molar-refractivity contribution in [2.24, 2.45) is 0 Å². The summed E-state index contributed by atoms with van der Waals surface area (Å²) in [5.41, 5.74) is 8.82. The van der Waals surface area contributed by atoms with Gasteiger partial charge in [-0.1, -0.05) is 88.6 Å². The number of nitrogens with zero attached hydrogens (tertiary/aromatic N) is 1. The van der Waals surface area contributed by atoms with Crippen molar-refractivity contribution in [1.29, 1.82) is 0 Å². The summed E-state index contributed by atoms with van der Waals surface area (Å²) >= 11 is 0. The van der Waals surface area contributed by atoms with E-state index in [9.17, 15) is 0 Å². The van der Waals surface area contributed by atoms with Gasteiger partial charge in [0.2, 0.25) is 0 Å². The zero-order valence-electron chi connectivity index (χ0n) is 30.1. The van der Waals surface area contributed by atoms with E-state index >= 15 is 0 Å². The van der Waals surface area contributed by atoms with Gasteiger partial charge in [0.15, 0.2) is 5.58 Å². The molecule has 0 N–H and O–H groups in total. The van der Waals surface area contributed by atoms with Crippen molar-refractivity contribution in [2.45, 2.75) is 0 Å². The Morgan fingerprint density at radius 2 is 0.786 bits per heavy atom. The topological polar surface area (TPSA) is 16.4 Å². The van der Waals surface area contributed by atoms with Gasteiger partial charge >= 0.3 is 0 Å². The number of hydrogen-bond donors (Lipinski definition) is 0. The smallest absolute Gasteiger partial charge is 0.159 e. The van der Waals surface area contributed by atoms with E-state index in [1.165, 1.54) is 0 Å². The molecule has 20 radical (unpaired) electrons. The van der Waals surface area contributed by atoms with Crippen LogP contribution in [0, 0.1) is 0 Å². The number of anilines is 3. The monoisotopic (exact) mass is 687 g/mol. The van der Waals surface area contributed by atoms with Gasteiger partial charge in [0.25, 0.3) is 0 Å². The Hall–Kier alpha value is -5.47. The maximum Gasteiger partial charge on any atom is 0.159 e. The Morgan fingerprint density at radius 3 is 1.29 bits per heavy atom. The fraction of sp³-hybridized carbons (Fsp3) is 0. The van der Waals surface area contributed by atoms with Crippen molar-refractivity contribution < 1.29 is 4.42 Å². The van der Waals surface area contributed by atoms with Crippen LogP contribution >= 0.6 is 0 Å². The van der Waals surface area contributed by atoms with Gasteiger partial charge < -0.3 is 9.32 Å². The maximum absolute atomic E-state index is 6.59. The first kappa shape index (κ1) is 36.2. The summed E-state index contributed by atoms with van der Waals surface area (Å²) in [4.78, 5) is 2.17. The largest absolute Gasteiger partial charge is 0.454 e. The first-order valence-electron chi connectivity index (χ1n) is 17.7. The summed E-state index contributed by atoms with van der Waals surface area (Å²) in [5.74, 6) is 0. The van der Waals surface area contributed by atoms with Crippen molar-refractivity contribution in [1.82, 2.24) is 0 Å². The normalized spacial score (nSPS) is 11.6. The van der Waals surface area contributed by atoms with Gasteiger partial charge in [-0.05, 0) is 92.3 Å². The molecular weight excluding hydrogens is 667 g/mol. The minimum Gasteiger partial charge on any atom is -0.454 e. The second-order valence-electron chi connectivity index (χ2n) is 14.0. The van der Waals surface area contributed by atoms with Gasteiger partial charge in [-0.15, -0.1) is 32.8 Å². The maximum atomic E-state index is 6.59. The van der Waals surface area contributed by atoms with Crippen LogP contribution in [0.3, 0.4) is 0 Å². The molecule has 8 aromatic carbocycles. The molecule has 9 aromatic rings. The molecule has 0 bridgehead atoms. The fourth-order valence-electron chi connectivity index (χ4n) is 7.71. The summed E-state index contributed by atoms with van der Waals surface area (Å²) in [6.45, 7) is 0. The van der Waals surface area contributed by atoms with Crippen LogP contribution in [0.1, 0.15) is 0 Å². The molecule has 12 heteroatoms. The summed E-state index contributed by atoms with van der Waals surface area (Å²) in [6, 6.07) is 38.6. The van der Waals surface area contributed by atoms with Gasteiger partial charge in [-0.3, -0.25) is 0 Å². The van der Waals surface area contributed by atoms with E-state index in [0.717, 1.165) is 71.7 Å². The Morgan fingerprint density at radius 1 is 0.357 bits per heavy atom. The third-order valence-corrected chi connectivity index (χ3v) is 10.8. The number of fused-ring (bicyclic) bond motifs is 5. The third-order valence-electron chi connectivity index (χ3n) is 10.8. The number of furan rings is 1. The molecule has 2 nitrogen and oxygen atoms in total. The summed E-state index contributed by atoms with van der Waals surface area (Å²) < 4.78 is 6.59. The van der Waals surface area contributed by atoms with Crippen LogP contribution in [-0.4, -0.2) is 78.5 Å². The lowest BCUT2D eigenvalue weighted by molar-refractivity contribution is 0.669. The highest BCUT2D eigenvalue weighted by Gasteiger charge is 2.21. The molecule has 0 atom stereocenters.